The van der Waals surface area contributed by atoms with E-state index in [-0.39, 0.29) is 11.5 Å². The summed E-state index contributed by atoms with van der Waals surface area (Å²) in [6.45, 7) is 9.63. The maximum absolute atomic E-state index is 5.66. The van der Waals surface area contributed by atoms with Crippen molar-refractivity contribution in [2.45, 2.75) is 32.2 Å². The third-order valence-corrected chi connectivity index (χ3v) is 6.39. The number of anilines is 1. The largest absolute Gasteiger partial charge is 0.377 e. The molecule has 0 amide bonds. The summed E-state index contributed by atoms with van der Waals surface area (Å²) >= 11 is 0. The molecule has 0 radical (unpaired) electrons. The zero-order chi connectivity index (χ0) is 20.9. The number of aromatic nitrogens is 4. The molecule has 1 fully saturated rings. The lowest BCUT2D eigenvalue weighted by Gasteiger charge is -2.36. The van der Waals surface area contributed by atoms with Crippen molar-refractivity contribution in [2.24, 2.45) is 5.10 Å². The highest BCUT2D eigenvalue weighted by Gasteiger charge is 2.39. The Bertz CT molecular complexity index is 1110. The Kier molecular flexibility index (Phi) is 4.47. The van der Waals surface area contributed by atoms with E-state index in [1.165, 1.54) is 5.56 Å². The minimum Gasteiger partial charge on any atom is -0.377 e. The zero-order valence-corrected chi connectivity index (χ0v) is 17.9. The number of fused-ring (bicyclic) bond motifs is 1. The first-order valence-corrected chi connectivity index (χ1v) is 10.4. The predicted octanol–water partition coefficient (Wildman–Crippen LogP) is 2.82. The topological polar surface area (TPSA) is 82.5 Å². The van der Waals surface area contributed by atoms with Crippen LogP contribution in [0.3, 0.4) is 0 Å². The van der Waals surface area contributed by atoms with E-state index in [1.54, 1.807) is 6.20 Å². The number of ether oxygens (including phenoxy) is 1. The zero-order valence-electron chi connectivity index (χ0n) is 17.9. The molecule has 2 atom stereocenters. The lowest BCUT2D eigenvalue weighted by molar-refractivity contribution is 0.0985. The summed E-state index contributed by atoms with van der Waals surface area (Å²) in [7, 11) is 2.03. The number of nitrogens with zero attached hydrogens (tertiary/aromatic N) is 6. The molecular formula is C22H27N7O. The van der Waals surface area contributed by atoms with Crippen molar-refractivity contribution >= 4 is 22.4 Å². The molecule has 3 aromatic rings. The van der Waals surface area contributed by atoms with Crippen LogP contribution in [0.5, 0.6) is 0 Å². The van der Waals surface area contributed by atoms with Crippen molar-refractivity contribution in [3.05, 3.63) is 36.2 Å². The van der Waals surface area contributed by atoms with Gasteiger partial charge in [0.2, 0.25) is 0 Å². The molecule has 1 N–H and O–H groups in total. The molecular weight excluding hydrogens is 378 g/mol. The second-order valence-corrected chi connectivity index (χ2v) is 8.50. The molecule has 8 heteroatoms. The number of hydrogen-bond donors (Lipinski definition) is 1. The molecule has 0 aromatic carbocycles. The number of H-pyrrole nitrogens is 1. The van der Waals surface area contributed by atoms with Gasteiger partial charge in [-0.15, -0.1) is 0 Å². The molecule has 2 aliphatic rings. The average molecular weight is 406 g/mol. The smallest absolute Gasteiger partial charge is 0.130 e. The maximum Gasteiger partial charge on any atom is 0.130 e. The van der Waals surface area contributed by atoms with Crippen LogP contribution in [-0.4, -0.2) is 70.3 Å². The van der Waals surface area contributed by atoms with E-state index in [2.05, 4.69) is 53.0 Å². The first kappa shape index (κ1) is 19.0. The fourth-order valence-electron chi connectivity index (χ4n) is 4.65. The van der Waals surface area contributed by atoms with Gasteiger partial charge in [-0.3, -0.25) is 15.1 Å². The molecule has 2 aliphatic heterocycles. The van der Waals surface area contributed by atoms with Crippen molar-refractivity contribution in [2.75, 3.05) is 38.3 Å². The SMILES string of the molecule is CC1=NN(C)CC1(C)c1cc(N2CCOC[C@H]2C)nc2c(-c3ccn[nH]3)nccc12. The fourth-order valence-corrected chi connectivity index (χ4v) is 4.65. The van der Waals surface area contributed by atoms with Gasteiger partial charge in [-0.2, -0.15) is 10.2 Å². The standard InChI is InChI=1S/C22H27N7O/c1-14-12-30-10-9-29(14)19-11-17(22(3)13-28(4)27-15(22)2)16-5-7-23-21(20(16)25-19)18-6-8-24-26-18/h5-8,11,14H,9-10,12-13H2,1-4H3,(H,24,26)/t14-,22?/m1/s1. The Labute approximate surface area is 176 Å². The third kappa shape index (κ3) is 2.94. The van der Waals surface area contributed by atoms with Crippen LogP contribution in [-0.2, 0) is 10.2 Å². The number of aromatic amines is 1. The molecule has 3 aromatic heterocycles. The summed E-state index contributed by atoms with van der Waals surface area (Å²) in [5, 5.41) is 15.0. The van der Waals surface area contributed by atoms with E-state index in [1.807, 2.05) is 24.3 Å². The number of pyridine rings is 2. The van der Waals surface area contributed by atoms with Gasteiger partial charge in [-0.1, -0.05) is 0 Å². The van der Waals surface area contributed by atoms with Crippen LogP contribution in [0.25, 0.3) is 22.3 Å². The van der Waals surface area contributed by atoms with Gasteiger partial charge in [-0.25, -0.2) is 4.98 Å². The van der Waals surface area contributed by atoms with Crippen LogP contribution in [0.15, 0.2) is 35.7 Å². The number of rotatable bonds is 3. The second-order valence-electron chi connectivity index (χ2n) is 8.50. The Hall–Kier alpha value is -3.00. The number of hydrazone groups is 1. The van der Waals surface area contributed by atoms with Gasteiger partial charge in [0.05, 0.1) is 36.9 Å². The van der Waals surface area contributed by atoms with E-state index in [0.717, 1.165) is 46.9 Å². The van der Waals surface area contributed by atoms with Crippen LogP contribution in [0.1, 0.15) is 26.3 Å². The minimum atomic E-state index is -0.202. The summed E-state index contributed by atoms with van der Waals surface area (Å²) in [6, 6.07) is 6.52. The lowest BCUT2D eigenvalue weighted by atomic mass is 9.77. The van der Waals surface area contributed by atoms with Crippen molar-refractivity contribution in [1.29, 1.82) is 0 Å². The minimum absolute atomic E-state index is 0.202. The molecule has 0 aliphatic carbocycles. The van der Waals surface area contributed by atoms with Crippen LogP contribution in [0, 0.1) is 0 Å². The van der Waals surface area contributed by atoms with Crippen LogP contribution >= 0.6 is 0 Å². The van der Waals surface area contributed by atoms with Crippen molar-refractivity contribution in [3.8, 4) is 11.4 Å². The van der Waals surface area contributed by atoms with Crippen molar-refractivity contribution in [3.63, 3.8) is 0 Å². The summed E-state index contributed by atoms with van der Waals surface area (Å²) in [6.07, 6.45) is 3.60. The number of nitrogens with one attached hydrogen (secondary N) is 1. The molecule has 8 nitrogen and oxygen atoms in total. The van der Waals surface area contributed by atoms with Gasteiger partial charge in [0.15, 0.2) is 0 Å². The van der Waals surface area contributed by atoms with Gasteiger partial charge in [0.25, 0.3) is 0 Å². The summed E-state index contributed by atoms with van der Waals surface area (Å²) in [5.41, 5.74) is 4.71. The number of likely N-dealkylation sites (N-methyl/N-ethyl adjacent to an activating group) is 1. The lowest BCUT2D eigenvalue weighted by Crippen LogP contribution is -2.44. The van der Waals surface area contributed by atoms with E-state index >= 15 is 0 Å². The Morgan fingerprint density at radius 1 is 1.27 bits per heavy atom. The van der Waals surface area contributed by atoms with Gasteiger partial charge < -0.3 is 9.64 Å². The van der Waals surface area contributed by atoms with E-state index in [9.17, 15) is 0 Å². The fraction of sp³-hybridized carbons (Fsp3) is 0.455. The average Bonchev–Trinajstić information content (AvgIpc) is 3.35. The normalized spacial score (nSPS) is 24.5. The molecule has 5 rings (SSSR count). The van der Waals surface area contributed by atoms with Gasteiger partial charge >= 0.3 is 0 Å². The highest BCUT2D eigenvalue weighted by atomic mass is 16.5. The molecule has 1 saturated heterocycles. The molecule has 5 heterocycles. The molecule has 30 heavy (non-hydrogen) atoms. The van der Waals surface area contributed by atoms with Gasteiger partial charge in [0, 0.05) is 37.1 Å². The highest BCUT2D eigenvalue weighted by Crippen LogP contribution is 2.39. The molecule has 0 saturated carbocycles. The number of hydrogen-bond acceptors (Lipinski definition) is 7. The van der Waals surface area contributed by atoms with Gasteiger partial charge in [-0.05, 0) is 44.5 Å². The predicted molar refractivity (Wildman–Crippen MR) is 118 cm³/mol. The van der Waals surface area contributed by atoms with E-state index < -0.39 is 0 Å². The summed E-state index contributed by atoms with van der Waals surface area (Å²) in [5.74, 6) is 0.964. The molecule has 1 unspecified atom stereocenters. The van der Waals surface area contributed by atoms with Crippen LogP contribution < -0.4 is 4.90 Å². The Balaban J connectivity index is 1.78. The Morgan fingerprint density at radius 2 is 2.13 bits per heavy atom. The Morgan fingerprint density at radius 3 is 2.83 bits per heavy atom. The molecule has 156 valence electrons. The first-order chi connectivity index (χ1) is 14.5. The van der Waals surface area contributed by atoms with Crippen molar-refractivity contribution < 1.29 is 4.74 Å². The van der Waals surface area contributed by atoms with Crippen LogP contribution in [0.2, 0.25) is 0 Å². The molecule has 0 spiro atoms. The van der Waals surface area contributed by atoms with Crippen LogP contribution in [0.4, 0.5) is 5.82 Å². The third-order valence-electron chi connectivity index (χ3n) is 6.39. The van der Waals surface area contributed by atoms with E-state index in [0.29, 0.717) is 13.2 Å². The quantitative estimate of drug-likeness (QED) is 0.722. The second kappa shape index (κ2) is 7.05. The first-order valence-electron chi connectivity index (χ1n) is 10.4. The highest BCUT2D eigenvalue weighted by molar-refractivity contribution is 6.01. The molecule has 0 bridgehead atoms. The monoisotopic (exact) mass is 405 g/mol. The summed E-state index contributed by atoms with van der Waals surface area (Å²) in [4.78, 5) is 12.1. The maximum atomic E-state index is 5.66. The van der Waals surface area contributed by atoms with Gasteiger partial charge in [0.1, 0.15) is 17.0 Å². The van der Waals surface area contributed by atoms with Crippen molar-refractivity contribution in [1.82, 2.24) is 25.2 Å². The number of morpholine rings is 1. The summed E-state index contributed by atoms with van der Waals surface area (Å²) < 4.78 is 5.66. The van der Waals surface area contributed by atoms with E-state index in [4.69, 9.17) is 14.8 Å².